The molecule has 0 aliphatic heterocycles. The van der Waals surface area contributed by atoms with Crippen LogP contribution in [-0.4, -0.2) is 15.4 Å². The second-order valence-corrected chi connectivity index (χ2v) is 6.02. The van der Waals surface area contributed by atoms with Crippen molar-refractivity contribution >= 4 is 39.8 Å². The molecule has 0 aliphatic carbocycles. The number of nitro groups is 1. The molecular formula is C18H14ClN3O4. The first-order valence-electron chi connectivity index (χ1n) is 7.79. The average molecular weight is 372 g/mol. The molecule has 1 aromatic heterocycles. The summed E-state index contributed by atoms with van der Waals surface area (Å²) in [5.41, 5.74) is 0.244. The third-order valence-corrected chi connectivity index (χ3v) is 4.18. The van der Waals surface area contributed by atoms with Crippen molar-refractivity contribution in [2.45, 2.75) is 13.5 Å². The standard InChI is InChI=1S/C18H14ClN3O4/c1-2-21-10-15(17(23)14-8-11(19)6-7-16(14)21)18(24)20-12-4-3-5-13(9-12)22(25)26/h3-10H,2H2,1H3,(H,20,24). The predicted molar refractivity (Wildman–Crippen MR) is 99.9 cm³/mol. The van der Waals surface area contributed by atoms with Crippen LogP contribution in [0.15, 0.2) is 53.5 Å². The molecule has 26 heavy (non-hydrogen) atoms. The van der Waals surface area contributed by atoms with Gasteiger partial charge in [0, 0.05) is 41.0 Å². The Balaban J connectivity index is 2.06. The number of nitrogens with one attached hydrogen (secondary N) is 1. The molecule has 0 atom stereocenters. The molecule has 0 bridgehead atoms. The van der Waals surface area contributed by atoms with Crippen LogP contribution in [0.5, 0.6) is 0 Å². The van der Waals surface area contributed by atoms with E-state index in [0.29, 0.717) is 22.5 Å². The van der Waals surface area contributed by atoms with Crippen molar-refractivity contribution in [3.8, 4) is 0 Å². The third-order valence-electron chi connectivity index (χ3n) is 3.94. The van der Waals surface area contributed by atoms with Crippen molar-refractivity contribution < 1.29 is 9.72 Å². The molecule has 1 N–H and O–H groups in total. The van der Waals surface area contributed by atoms with Crippen molar-refractivity contribution in [1.82, 2.24) is 4.57 Å². The lowest BCUT2D eigenvalue weighted by Gasteiger charge is -2.12. The summed E-state index contributed by atoms with van der Waals surface area (Å²) in [5, 5.41) is 14.1. The van der Waals surface area contributed by atoms with Gasteiger partial charge in [0.2, 0.25) is 5.43 Å². The molecule has 1 amide bonds. The molecular weight excluding hydrogens is 358 g/mol. The number of pyridine rings is 1. The van der Waals surface area contributed by atoms with Gasteiger partial charge in [0.1, 0.15) is 5.56 Å². The zero-order valence-electron chi connectivity index (χ0n) is 13.7. The molecule has 0 spiro atoms. The van der Waals surface area contributed by atoms with Crippen LogP contribution in [0.1, 0.15) is 17.3 Å². The summed E-state index contributed by atoms with van der Waals surface area (Å²) < 4.78 is 1.77. The Morgan fingerprint density at radius 2 is 2.04 bits per heavy atom. The van der Waals surface area contributed by atoms with Crippen LogP contribution < -0.4 is 10.7 Å². The van der Waals surface area contributed by atoms with Gasteiger partial charge in [-0.2, -0.15) is 0 Å². The molecule has 0 unspecified atom stereocenters. The summed E-state index contributed by atoms with van der Waals surface area (Å²) in [6.07, 6.45) is 1.48. The number of carbonyl (C=O) groups is 1. The van der Waals surface area contributed by atoms with Gasteiger partial charge in [0.15, 0.2) is 0 Å². The van der Waals surface area contributed by atoms with Gasteiger partial charge in [-0.15, -0.1) is 0 Å². The van der Waals surface area contributed by atoms with Gasteiger partial charge in [-0.3, -0.25) is 19.7 Å². The van der Waals surface area contributed by atoms with E-state index in [2.05, 4.69) is 5.32 Å². The van der Waals surface area contributed by atoms with Crippen molar-refractivity contribution in [3.63, 3.8) is 0 Å². The van der Waals surface area contributed by atoms with Gasteiger partial charge in [0.25, 0.3) is 11.6 Å². The highest BCUT2D eigenvalue weighted by Gasteiger charge is 2.16. The number of aryl methyl sites for hydroxylation is 1. The monoisotopic (exact) mass is 371 g/mol. The molecule has 0 saturated heterocycles. The Hall–Kier alpha value is -3.19. The van der Waals surface area contributed by atoms with Crippen LogP contribution in [0.2, 0.25) is 5.02 Å². The molecule has 3 rings (SSSR count). The number of amides is 1. The van der Waals surface area contributed by atoms with Gasteiger partial charge in [-0.05, 0) is 31.2 Å². The first kappa shape index (κ1) is 17.6. The second kappa shape index (κ2) is 6.97. The lowest BCUT2D eigenvalue weighted by Crippen LogP contribution is -2.23. The molecule has 0 aliphatic rings. The minimum atomic E-state index is -0.639. The number of hydrogen-bond acceptors (Lipinski definition) is 4. The van der Waals surface area contributed by atoms with E-state index in [9.17, 15) is 19.7 Å². The maximum Gasteiger partial charge on any atom is 0.271 e. The summed E-state index contributed by atoms with van der Waals surface area (Å²) >= 11 is 5.98. The van der Waals surface area contributed by atoms with Crippen LogP contribution in [0, 0.1) is 10.1 Å². The molecule has 7 nitrogen and oxygen atoms in total. The Morgan fingerprint density at radius 3 is 2.73 bits per heavy atom. The third kappa shape index (κ3) is 3.29. The van der Waals surface area contributed by atoms with Gasteiger partial charge < -0.3 is 9.88 Å². The Morgan fingerprint density at radius 1 is 1.27 bits per heavy atom. The molecule has 3 aromatic rings. The molecule has 2 aromatic carbocycles. The van der Waals surface area contributed by atoms with E-state index in [1.807, 2.05) is 6.92 Å². The van der Waals surface area contributed by atoms with Gasteiger partial charge in [-0.1, -0.05) is 17.7 Å². The van der Waals surface area contributed by atoms with E-state index in [-0.39, 0.29) is 16.9 Å². The molecule has 132 valence electrons. The highest BCUT2D eigenvalue weighted by Crippen LogP contribution is 2.20. The normalized spacial score (nSPS) is 10.7. The number of carbonyl (C=O) groups excluding carboxylic acids is 1. The van der Waals surface area contributed by atoms with E-state index in [4.69, 9.17) is 11.6 Å². The summed E-state index contributed by atoms with van der Waals surface area (Å²) in [5.74, 6) is -0.639. The summed E-state index contributed by atoms with van der Waals surface area (Å²) in [6.45, 7) is 2.44. The molecule has 1 heterocycles. The largest absolute Gasteiger partial charge is 0.347 e. The zero-order valence-corrected chi connectivity index (χ0v) is 14.5. The lowest BCUT2D eigenvalue weighted by atomic mass is 10.1. The maximum atomic E-state index is 12.7. The van der Waals surface area contributed by atoms with E-state index >= 15 is 0 Å². The molecule has 0 fully saturated rings. The van der Waals surface area contributed by atoms with Crippen LogP contribution in [0.3, 0.4) is 0 Å². The Kier molecular flexibility index (Phi) is 4.73. The van der Waals surface area contributed by atoms with E-state index in [1.54, 1.807) is 16.7 Å². The van der Waals surface area contributed by atoms with Crippen LogP contribution in [-0.2, 0) is 6.54 Å². The molecule has 8 heteroatoms. The number of hydrogen-bond donors (Lipinski definition) is 1. The minimum Gasteiger partial charge on any atom is -0.347 e. The summed E-state index contributed by atoms with van der Waals surface area (Å²) in [6, 6.07) is 10.4. The van der Waals surface area contributed by atoms with Crippen LogP contribution >= 0.6 is 11.6 Å². The number of nitrogens with zero attached hydrogens (tertiary/aromatic N) is 2. The fourth-order valence-electron chi connectivity index (χ4n) is 2.69. The highest BCUT2D eigenvalue weighted by atomic mass is 35.5. The van der Waals surface area contributed by atoms with Gasteiger partial charge >= 0.3 is 0 Å². The average Bonchev–Trinajstić information content (AvgIpc) is 2.62. The lowest BCUT2D eigenvalue weighted by molar-refractivity contribution is -0.384. The number of benzene rings is 2. The number of aromatic nitrogens is 1. The fourth-order valence-corrected chi connectivity index (χ4v) is 2.86. The van der Waals surface area contributed by atoms with E-state index in [0.717, 1.165) is 0 Å². The Labute approximate surface area is 153 Å². The number of rotatable bonds is 4. The number of anilines is 1. The van der Waals surface area contributed by atoms with Crippen molar-refractivity contribution in [1.29, 1.82) is 0 Å². The highest BCUT2D eigenvalue weighted by molar-refractivity contribution is 6.31. The van der Waals surface area contributed by atoms with Crippen molar-refractivity contribution in [3.05, 3.63) is 79.6 Å². The molecule has 0 saturated carbocycles. The van der Waals surface area contributed by atoms with Gasteiger partial charge in [-0.25, -0.2) is 0 Å². The van der Waals surface area contributed by atoms with Crippen LogP contribution in [0.25, 0.3) is 10.9 Å². The van der Waals surface area contributed by atoms with Crippen molar-refractivity contribution in [2.75, 3.05) is 5.32 Å². The first-order chi connectivity index (χ1) is 12.4. The quantitative estimate of drug-likeness (QED) is 0.557. The SMILES string of the molecule is CCn1cc(C(=O)Nc2cccc([N+](=O)[O-])c2)c(=O)c2cc(Cl)ccc21. The summed E-state index contributed by atoms with van der Waals surface area (Å²) in [7, 11) is 0. The van der Waals surface area contributed by atoms with Crippen LogP contribution in [0.4, 0.5) is 11.4 Å². The minimum absolute atomic E-state index is 0.0619. The number of nitro benzene ring substituents is 1. The van der Waals surface area contributed by atoms with E-state index in [1.165, 1.54) is 36.5 Å². The topological polar surface area (TPSA) is 94.2 Å². The number of fused-ring (bicyclic) bond motifs is 1. The maximum absolute atomic E-state index is 12.7. The van der Waals surface area contributed by atoms with Crippen molar-refractivity contribution in [2.24, 2.45) is 0 Å². The Bertz CT molecular complexity index is 1090. The predicted octanol–water partition coefficient (Wildman–Crippen LogP) is 3.84. The second-order valence-electron chi connectivity index (χ2n) is 5.58. The first-order valence-corrected chi connectivity index (χ1v) is 8.17. The number of non-ortho nitro benzene ring substituents is 1. The molecule has 0 radical (unpaired) electrons. The number of halogens is 1. The van der Waals surface area contributed by atoms with Gasteiger partial charge in [0.05, 0.1) is 10.4 Å². The zero-order chi connectivity index (χ0) is 18.8. The van der Waals surface area contributed by atoms with E-state index < -0.39 is 16.3 Å². The smallest absolute Gasteiger partial charge is 0.271 e. The fraction of sp³-hybridized carbons (Fsp3) is 0.111. The summed E-state index contributed by atoms with van der Waals surface area (Å²) in [4.78, 5) is 35.6.